The zero-order chi connectivity index (χ0) is 33.6. The highest BCUT2D eigenvalue weighted by molar-refractivity contribution is 6.04. The first-order valence-corrected chi connectivity index (χ1v) is 15.9. The fourth-order valence-corrected chi connectivity index (χ4v) is 7.01. The fourth-order valence-electron chi connectivity index (χ4n) is 7.01. The van der Waals surface area contributed by atoms with Crippen LogP contribution in [-0.2, 0) is 25.3 Å². The van der Waals surface area contributed by atoms with E-state index in [9.17, 15) is 19.2 Å². The maximum atomic E-state index is 13.2. The Morgan fingerprint density at radius 1 is 0.936 bits per heavy atom. The number of carbonyl (C=O) groups excluding carboxylic acids is 2. The number of hydrogen-bond acceptors (Lipinski definition) is 7. The molecule has 2 aliphatic rings. The molecule has 0 spiro atoms. The molecule has 1 N–H and O–H groups in total. The normalized spacial score (nSPS) is 16.2. The highest BCUT2D eigenvalue weighted by Gasteiger charge is 2.34. The monoisotopic (exact) mass is 636 g/mol. The third-order valence-electron chi connectivity index (χ3n) is 9.70. The highest BCUT2D eigenvalue weighted by Crippen LogP contribution is 2.44. The fraction of sp³-hybridized carbons (Fsp3) is 0.361. The molecule has 1 fully saturated rings. The van der Waals surface area contributed by atoms with Crippen LogP contribution >= 0.6 is 0 Å². The molecule has 2 amide bonds. The summed E-state index contributed by atoms with van der Waals surface area (Å²) in [5.74, 6) is 0.183. The summed E-state index contributed by atoms with van der Waals surface area (Å²) in [7, 11) is 4.53. The van der Waals surface area contributed by atoms with Gasteiger partial charge in [0.15, 0.2) is 0 Å². The number of rotatable bonds is 6. The number of ether oxygens (including phenoxy) is 1. The molecule has 2 aromatic heterocycles. The van der Waals surface area contributed by atoms with E-state index in [4.69, 9.17) is 9.72 Å². The van der Waals surface area contributed by atoms with E-state index in [0.29, 0.717) is 11.6 Å². The molecule has 2 aromatic carbocycles. The van der Waals surface area contributed by atoms with Gasteiger partial charge in [-0.25, -0.2) is 9.78 Å². The number of fused-ring (bicyclic) bond motifs is 1. The van der Waals surface area contributed by atoms with Gasteiger partial charge in [-0.05, 0) is 66.6 Å². The molecule has 1 aliphatic heterocycles. The third-order valence-corrected chi connectivity index (χ3v) is 9.70. The zero-order valence-electron chi connectivity index (χ0n) is 27.7. The number of methoxy groups -OCH3 is 1. The number of hydrogen-bond donors (Lipinski definition) is 1. The van der Waals surface area contributed by atoms with Gasteiger partial charge in [-0.1, -0.05) is 30.3 Å². The summed E-state index contributed by atoms with van der Waals surface area (Å²) >= 11 is 0. The third kappa shape index (κ3) is 5.76. The summed E-state index contributed by atoms with van der Waals surface area (Å²) in [6.07, 6.45) is 3.18. The number of aromatic nitrogens is 3. The predicted molar refractivity (Wildman–Crippen MR) is 181 cm³/mol. The van der Waals surface area contributed by atoms with E-state index in [1.165, 1.54) is 30.4 Å². The number of carbonyl (C=O) groups is 2. The molecule has 6 rings (SSSR count). The maximum Gasteiger partial charge on any atom is 0.330 e. The van der Waals surface area contributed by atoms with Crippen molar-refractivity contribution in [1.82, 2.24) is 23.9 Å². The van der Waals surface area contributed by atoms with E-state index in [1.807, 2.05) is 30.0 Å². The van der Waals surface area contributed by atoms with Crippen LogP contribution in [0.4, 0.5) is 5.69 Å². The number of pyridine rings is 1. The molecule has 3 heterocycles. The van der Waals surface area contributed by atoms with Crippen molar-refractivity contribution in [3.8, 4) is 28.3 Å². The van der Waals surface area contributed by atoms with E-state index in [2.05, 4.69) is 35.3 Å². The second-order valence-electron chi connectivity index (χ2n) is 12.4. The molecule has 11 nitrogen and oxygen atoms in total. The van der Waals surface area contributed by atoms with Crippen molar-refractivity contribution >= 4 is 17.5 Å². The lowest BCUT2D eigenvalue weighted by atomic mass is 9.91. The first-order valence-electron chi connectivity index (χ1n) is 15.9. The summed E-state index contributed by atoms with van der Waals surface area (Å²) in [6, 6.07) is 14.2. The first-order chi connectivity index (χ1) is 22.5. The first kappa shape index (κ1) is 31.9. The topological polar surface area (TPSA) is 119 Å². The summed E-state index contributed by atoms with van der Waals surface area (Å²) in [5.41, 5.74) is 7.34. The second-order valence-corrected chi connectivity index (χ2v) is 12.4. The van der Waals surface area contributed by atoms with Gasteiger partial charge in [0, 0.05) is 76.3 Å². The lowest BCUT2D eigenvalue weighted by molar-refractivity contribution is -0.130. The zero-order valence-corrected chi connectivity index (χ0v) is 27.7. The van der Waals surface area contributed by atoms with Crippen molar-refractivity contribution in [3.05, 3.63) is 97.3 Å². The van der Waals surface area contributed by atoms with Gasteiger partial charge in [0.2, 0.25) is 11.8 Å². The molecule has 1 saturated heterocycles. The molecule has 11 heteroatoms. The van der Waals surface area contributed by atoms with Crippen molar-refractivity contribution < 1.29 is 14.3 Å². The summed E-state index contributed by atoms with van der Waals surface area (Å²) in [5, 5.41) is 2.88. The minimum atomic E-state index is -0.651. The molecule has 0 radical (unpaired) electrons. The highest BCUT2D eigenvalue weighted by atomic mass is 16.5. The Labute approximate surface area is 273 Å². The van der Waals surface area contributed by atoms with Crippen LogP contribution in [0.1, 0.15) is 52.0 Å². The van der Waals surface area contributed by atoms with Crippen LogP contribution in [0.3, 0.4) is 0 Å². The largest absolute Gasteiger partial charge is 0.481 e. The lowest BCUT2D eigenvalue weighted by Gasteiger charge is -2.38. The van der Waals surface area contributed by atoms with Crippen molar-refractivity contribution in [2.45, 2.75) is 39.7 Å². The molecule has 0 saturated carbocycles. The Balaban J connectivity index is 1.31. The van der Waals surface area contributed by atoms with Crippen molar-refractivity contribution in [3.63, 3.8) is 0 Å². The van der Waals surface area contributed by atoms with Gasteiger partial charge in [0.05, 0.1) is 12.8 Å². The van der Waals surface area contributed by atoms with E-state index in [1.54, 1.807) is 20.1 Å². The van der Waals surface area contributed by atoms with E-state index in [-0.39, 0.29) is 17.5 Å². The summed E-state index contributed by atoms with van der Waals surface area (Å²) in [6.45, 7) is 8.76. The molecule has 1 aliphatic carbocycles. The predicted octanol–water partition coefficient (Wildman–Crippen LogP) is 3.84. The number of benzene rings is 2. The molecule has 4 aromatic rings. The Morgan fingerprint density at radius 3 is 2.28 bits per heavy atom. The Hall–Kier alpha value is -5.03. The van der Waals surface area contributed by atoms with Gasteiger partial charge >= 0.3 is 5.69 Å². The Kier molecular flexibility index (Phi) is 8.59. The average molecular weight is 637 g/mol. The van der Waals surface area contributed by atoms with Crippen LogP contribution < -0.4 is 21.3 Å². The number of anilines is 1. The SMILES string of the molecule is COc1nc(-c2cccc(-c3cccc(NC(=O)c4cn(C)c(=O)n(C)c4=O)c3C)c2C)cc2c1[C@@H](N1CCN(C(C)=O)CC1)CC2. The number of piperazine rings is 1. The van der Waals surface area contributed by atoms with Gasteiger partial charge in [0.1, 0.15) is 5.56 Å². The molecular weight excluding hydrogens is 596 g/mol. The minimum absolute atomic E-state index is 0.116. The minimum Gasteiger partial charge on any atom is -0.481 e. The molecule has 47 heavy (non-hydrogen) atoms. The number of nitrogens with one attached hydrogen (secondary N) is 1. The van der Waals surface area contributed by atoms with Gasteiger partial charge in [-0.2, -0.15) is 0 Å². The lowest BCUT2D eigenvalue weighted by Crippen LogP contribution is -2.48. The number of nitrogens with zero attached hydrogens (tertiary/aromatic N) is 5. The van der Waals surface area contributed by atoms with Gasteiger partial charge in [-0.3, -0.25) is 23.9 Å². The summed E-state index contributed by atoms with van der Waals surface area (Å²) < 4.78 is 8.05. The molecular formula is C36H40N6O5. The summed E-state index contributed by atoms with van der Waals surface area (Å²) in [4.78, 5) is 59.2. The standard InChI is InChI=1S/C36H40N6O5/c1-21-25(26-10-8-12-29(22(26)2)37-33(44)28-20-39(4)36(46)40(5)35(28)45)9-7-11-27(21)30-19-24-13-14-31(32(24)34(38-30)47-6)42-17-15-41(16-18-42)23(3)43/h7-12,19-20,31H,13-18H2,1-6H3,(H,37,44)/t31-/m0/s1. The Morgan fingerprint density at radius 2 is 1.60 bits per heavy atom. The smallest absolute Gasteiger partial charge is 0.330 e. The van der Waals surface area contributed by atoms with Crippen LogP contribution in [0.15, 0.2) is 58.3 Å². The molecule has 244 valence electrons. The van der Waals surface area contributed by atoms with Gasteiger partial charge in [0.25, 0.3) is 11.5 Å². The Bertz CT molecular complexity index is 2020. The number of amides is 2. The van der Waals surface area contributed by atoms with Crippen LogP contribution in [0.5, 0.6) is 5.88 Å². The van der Waals surface area contributed by atoms with Gasteiger partial charge in [-0.15, -0.1) is 0 Å². The quantitative estimate of drug-likeness (QED) is 0.342. The number of aryl methyl sites for hydroxylation is 2. The molecule has 0 bridgehead atoms. The van der Waals surface area contributed by atoms with Crippen molar-refractivity contribution in [1.29, 1.82) is 0 Å². The molecule has 0 unspecified atom stereocenters. The van der Waals surface area contributed by atoms with E-state index >= 15 is 0 Å². The van der Waals surface area contributed by atoms with Crippen LogP contribution in [0.25, 0.3) is 22.4 Å². The van der Waals surface area contributed by atoms with Crippen LogP contribution in [0, 0.1) is 13.8 Å². The molecule has 1 atom stereocenters. The van der Waals surface area contributed by atoms with Gasteiger partial charge < -0.3 is 19.5 Å². The van der Waals surface area contributed by atoms with Crippen molar-refractivity contribution in [2.75, 3.05) is 38.6 Å². The van der Waals surface area contributed by atoms with E-state index < -0.39 is 17.2 Å². The average Bonchev–Trinajstić information content (AvgIpc) is 3.50. The maximum absolute atomic E-state index is 13.2. The second kappa shape index (κ2) is 12.6. The van der Waals surface area contributed by atoms with Crippen LogP contribution in [0.2, 0.25) is 0 Å². The van der Waals surface area contributed by atoms with Crippen LogP contribution in [-0.4, -0.2) is 69.0 Å². The van der Waals surface area contributed by atoms with Crippen molar-refractivity contribution in [2.24, 2.45) is 14.1 Å². The van der Waals surface area contributed by atoms with E-state index in [0.717, 1.165) is 82.7 Å².